The Kier molecular flexibility index (Phi) is 4.36. The number of hydrogen-bond donors (Lipinski definition) is 1. The van der Waals surface area contributed by atoms with Crippen molar-refractivity contribution >= 4 is 0 Å². The molecule has 18 heavy (non-hydrogen) atoms. The van der Waals surface area contributed by atoms with E-state index in [4.69, 9.17) is 0 Å². The zero-order valence-corrected chi connectivity index (χ0v) is 11.1. The number of benzene rings is 1. The summed E-state index contributed by atoms with van der Waals surface area (Å²) in [5, 5.41) is 10.2. The van der Waals surface area contributed by atoms with Crippen LogP contribution in [0.4, 0.5) is 4.39 Å². The zero-order chi connectivity index (χ0) is 13.1. The summed E-state index contributed by atoms with van der Waals surface area (Å²) >= 11 is 0. The molecule has 2 atom stereocenters. The van der Waals surface area contributed by atoms with Gasteiger partial charge in [-0.1, -0.05) is 31.5 Å². The van der Waals surface area contributed by atoms with Crippen LogP contribution in [-0.4, -0.2) is 29.6 Å². The lowest BCUT2D eigenvalue weighted by Crippen LogP contribution is -2.40. The van der Waals surface area contributed by atoms with Crippen LogP contribution in [0.15, 0.2) is 24.3 Å². The second-order valence-electron chi connectivity index (χ2n) is 5.47. The molecule has 0 bridgehead atoms. The topological polar surface area (TPSA) is 23.5 Å². The number of nitrogens with zero attached hydrogens (tertiary/aromatic N) is 1. The highest BCUT2D eigenvalue weighted by molar-refractivity contribution is 5.20. The van der Waals surface area contributed by atoms with Crippen molar-refractivity contribution in [3.8, 4) is 0 Å². The SMILES string of the molecule is CC(CN(C)C1CCC1)C(O)c1ccccc1F. The minimum Gasteiger partial charge on any atom is -0.388 e. The molecule has 0 aromatic heterocycles. The highest BCUT2D eigenvalue weighted by Gasteiger charge is 2.26. The largest absolute Gasteiger partial charge is 0.388 e. The number of aliphatic hydroxyl groups is 1. The average molecular weight is 251 g/mol. The molecule has 0 saturated heterocycles. The van der Waals surface area contributed by atoms with E-state index in [9.17, 15) is 9.50 Å². The van der Waals surface area contributed by atoms with Crippen LogP contribution in [0.5, 0.6) is 0 Å². The van der Waals surface area contributed by atoms with Gasteiger partial charge in [-0.05, 0) is 31.9 Å². The van der Waals surface area contributed by atoms with Crippen molar-refractivity contribution in [2.24, 2.45) is 5.92 Å². The van der Waals surface area contributed by atoms with Crippen molar-refractivity contribution < 1.29 is 9.50 Å². The Morgan fingerprint density at radius 2 is 2.06 bits per heavy atom. The molecule has 1 aliphatic carbocycles. The second kappa shape index (κ2) is 5.81. The maximum Gasteiger partial charge on any atom is 0.129 e. The van der Waals surface area contributed by atoms with Crippen LogP contribution >= 0.6 is 0 Å². The summed E-state index contributed by atoms with van der Waals surface area (Å²) in [5.74, 6) is -0.282. The molecule has 0 aliphatic heterocycles. The maximum atomic E-state index is 13.6. The lowest BCUT2D eigenvalue weighted by molar-refractivity contribution is 0.0655. The zero-order valence-electron chi connectivity index (χ0n) is 11.1. The van der Waals surface area contributed by atoms with Crippen LogP contribution in [0, 0.1) is 11.7 Å². The summed E-state index contributed by atoms with van der Waals surface area (Å²) < 4.78 is 13.6. The van der Waals surface area contributed by atoms with Gasteiger partial charge in [-0.25, -0.2) is 4.39 Å². The van der Waals surface area contributed by atoms with Gasteiger partial charge in [0.25, 0.3) is 0 Å². The maximum absolute atomic E-state index is 13.6. The second-order valence-corrected chi connectivity index (χ2v) is 5.47. The normalized spacial score (nSPS) is 19.6. The third-order valence-electron chi connectivity index (χ3n) is 4.04. The monoisotopic (exact) mass is 251 g/mol. The Morgan fingerprint density at radius 1 is 1.39 bits per heavy atom. The molecule has 1 aromatic carbocycles. The van der Waals surface area contributed by atoms with Crippen molar-refractivity contribution in [1.29, 1.82) is 0 Å². The summed E-state index contributed by atoms with van der Waals surface area (Å²) in [7, 11) is 2.09. The molecule has 2 rings (SSSR count). The van der Waals surface area contributed by atoms with Crippen molar-refractivity contribution in [1.82, 2.24) is 4.90 Å². The van der Waals surface area contributed by atoms with E-state index >= 15 is 0 Å². The van der Waals surface area contributed by atoms with Crippen LogP contribution in [0.1, 0.15) is 37.9 Å². The number of hydrogen-bond acceptors (Lipinski definition) is 2. The quantitative estimate of drug-likeness (QED) is 0.869. The molecule has 2 unspecified atom stereocenters. The highest BCUT2D eigenvalue weighted by Crippen LogP contribution is 2.28. The Morgan fingerprint density at radius 3 is 2.61 bits per heavy atom. The van der Waals surface area contributed by atoms with E-state index < -0.39 is 6.10 Å². The van der Waals surface area contributed by atoms with Crippen LogP contribution in [-0.2, 0) is 0 Å². The van der Waals surface area contributed by atoms with Crippen molar-refractivity contribution in [2.45, 2.75) is 38.3 Å². The fourth-order valence-electron chi connectivity index (χ4n) is 2.55. The Labute approximate surface area is 108 Å². The predicted molar refractivity (Wildman–Crippen MR) is 70.8 cm³/mol. The summed E-state index contributed by atoms with van der Waals surface area (Å²) in [6, 6.07) is 7.14. The summed E-state index contributed by atoms with van der Waals surface area (Å²) in [5.41, 5.74) is 0.409. The molecular formula is C15H22FNO. The van der Waals surface area contributed by atoms with Crippen LogP contribution in [0.25, 0.3) is 0 Å². The molecule has 1 aromatic rings. The first-order valence-electron chi connectivity index (χ1n) is 6.72. The summed E-state index contributed by atoms with van der Waals surface area (Å²) in [6.07, 6.45) is 3.07. The standard InChI is InChI=1S/C15H22FNO/c1-11(10-17(2)12-6-5-7-12)15(18)13-8-3-4-9-14(13)16/h3-4,8-9,11-12,15,18H,5-7,10H2,1-2H3. The van der Waals surface area contributed by atoms with E-state index in [0.29, 0.717) is 11.6 Å². The van der Waals surface area contributed by atoms with Crippen LogP contribution in [0.2, 0.25) is 0 Å². The smallest absolute Gasteiger partial charge is 0.129 e. The molecule has 2 nitrogen and oxygen atoms in total. The van der Waals surface area contributed by atoms with E-state index in [1.807, 2.05) is 6.92 Å². The first-order valence-corrected chi connectivity index (χ1v) is 6.72. The molecule has 1 N–H and O–H groups in total. The molecule has 0 amide bonds. The van der Waals surface area contributed by atoms with Gasteiger partial charge in [0, 0.05) is 18.2 Å². The Bertz CT molecular complexity index is 392. The molecule has 1 saturated carbocycles. The third-order valence-corrected chi connectivity index (χ3v) is 4.04. The van der Waals surface area contributed by atoms with E-state index in [0.717, 1.165) is 6.54 Å². The van der Waals surface area contributed by atoms with Crippen LogP contribution in [0.3, 0.4) is 0 Å². The van der Waals surface area contributed by atoms with E-state index in [1.54, 1.807) is 18.2 Å². The summed E-state index contributed by atoms with van der Waals surface area (Å²) in [6.45, 7) is 2.78. The Balaban J connectivity index is 1.95. The van der Waals surface area contributed by atoms with Gasteiger partial charge in [-0.15, -0.1) is 0 Å². The minimum absolute atomic E-state index is 0.0347. The van der Waals surface area contributed by atoms with Crippen molar-refractivity contribution in [3.63, 3.8) is 0 Å². The minimum atomic E-state index is -0.728. The predicted octanol–water partition coefficient (Wildman–Crippen LogP) is 2.98. The van der Waals surface area contributed by atoms with Gasteiger partial charge in [-0.2, -0.15) is 0 Å². The van der Waals surface area contributed by atoms with Crippen LogP contribution < -0.4 is 0 Å². The molecule has 100 valence electrons. The number of rotatable bonds is 5. The Hall–Kier alpha value is -0.930. The van der Waals surface area contributed by atoms with Gasteiger partial charge in [0.15, 0.2) is 0 Å². The van der Waals surface area contributed by atoms with Crippen molar-refractivity contribution in [2.75, 3.05) is 13.6 Å². The van der Waals surface area contributed by atoms with Crippen molar-refractivity contribution in [3.05, 3.63) is 35.6 Å². The first-order chi connectivity index (χ1) is 8.59. The van der Waals surface area contributed by atoms with Gasteiger partial charge in [-0.3, -0.25) is 0 Å². The molecular weight excluding hydrogens is 229 g/mol. The lowest BCUT2D eigenvalue weighted by Gasteiger charge is -2.37. The third kappa shape index (κ3) is 2.90. The van der Waals surface area contributed by atoms with Gasteiger partial charge in [0.1, 0.15) is 5.82 Å². The molecule has 1 aliphatic rings. The van der Waals surface area contributed by atoms with E-state index in [-0.39, 0.29) is 11.7 Å². The van der Waals surface area contributed by atoms with E-state index in [2.05, 4.69) is 11.9 Å². The van der Waals surface area contributed by atoms with Gasteiger partial charge >= 0.3 is 0 Å². The molecule has 3 heteroatoms. The lowest BCUT2D eigenvalue weighted by atomic mass is 9.90. The number of halogens is 1. The fourth-order valence-corrected chi connectivity index (χ4v) is 2.55. The molecule has 1 fully saturated rings. The van der Waals surface area contributed by atoms with E-state index in [1.165, 1.54) is 25.3 Å². The highest BCUT2D eigenvalue weighted by atomic mass is 19.1. The fraction of sp³-hybridized carbons (Fsp3) is 0.600. The van der Waals surface area contributed by atoms with Gasteiger partial charge in [0.2, 0.25) is 0 Å². The summed E-state index contributed by atoms with van der Waals surface area (Å²) in [4.78, 5) is 2.29. The molecule has 0 radical (unpaired) electrons. The first kappa shape index (κ1) is 13.5. The molecule has 0 spiro atoms. The number of aliphatic hydroxyl groups excluding tert-OH is 1. The van der Waals surface area contributed by atoms with Gasteiger partial charge in [0.05, 0.1) is 6.10 Å². The van der Waals surface area contributed by atoms with Gasteiger partial charge < -0.3 is 10.0 Å². The average Bonchev–Trinajstić information content (AvgIpc) is 2.26. The molecule has 0 heterocycles.